The number of imidazole rings is 1. The molecule has 0 unspecified atom stereocenters. The highest BCUT2D eigenvalue weighted by molar-refractivity contribution is 6.29. The Morgan fingerprint density at radius 1 is 1.30 bits per heavy atom. The number of hydrogen-bond acceptors (Lipinski definition) is 3. The van der Waals surface area contributed by atoms with Crippen LogP contribution in [0.1, 0.15) is 39.4 Å². The Morgan fingerprint density at radius 3 is 2.70 bits per heavy atom. The quantitative estimate of drug-likeness (QED) is 0.785. The molecule has 1 fully saturated rings. The summed E-state index contributed by atoms with van der Waals surface area (Å²) in [7, 11) is 0. The van der Waals surface area contributed by atoms with Crippen LogP contribution in [0.4, 0.5) is 0 Å². The number of aromatic nitrogens is 3. The third-order valence-corrected chi connectivity index (χ3v) is 4.47. The molecule has 0 aliphatic carbocycles. The summed E-state index contributed by atoms with van der Waals surface area (Å²) in [5.74, 6) is 1.78. The highest BCUT2D eigenvalue weighted by Crippen LogP contribution is 2.29. The van der Waals surface area contributed by atoms with Crippen LogP contribution < -0.4 is 0 Å². The van der Waals surface area contributed by atoms with Crippen molar-refractivity contribution >= 4 is 11.6 Å². The van der Waals surface area contributed by atoms with Crippen LogP contribution in [-0.4, -0.2) is 27.7 Å². The molecule has 3 heterocycles. The number of nitrogens with zero attached hydrogens (tertiary/aromatic N) is 3. The summed E-state index contributed by atoms with van der Waals surface area (Å²) in [6.07, 6.45) is 6.13. The zero-order chi connectivity index (χ0) is 16.4. The van der Waals surface area contributed by atoms with Crippen LogP contribution >= 0.6 is 11.6 Å². The van der Waals surface area contributed by atoms with Gasteiger partial charge in [0, 0.05) is 43.1 Å². The number of pyridine rings is 1. The lowest BCUT2D eigenvalue weighted by atomic mass is 9.94. The van der Waals surface area contributed by atoms with Gasteiger partial charge < -0.3 is 9.30 Å². The molecule has 0 radical (unpaired) electrons. The smallest absolute Gasteiger partial charge is 0.129 e. The second-order valence-corrected chi connectivity index (χ2v) is 7.66. The fourth-order valence-electron chi connectivity index (χ4n) is 3.06. The lowest BCUT2D eigenvalue weighted by Crippen LogP contribution is -2.24. The Balaban J connectivity index is 1.93. The number of hydrogen-bond donors (Lipinski definition) is 0. The summed E-state index contributed by atoms with van der Waals surface area (Å²) >= 11 is 6.03. The van der Waals surface area contributed by atoms with Crippen LogP contribution in [0.3, 0.4) is 0 Å². The van der Waals surface area contributed by atoms with E-state index in [0.29, 0.717) is 11.1 Å². The average Bonchev–Trinajstić information content (AvgIpc) is 2.92. The second kappa shape index (κ2) is 6.62. The van der Waals surface area contributed by atoms with Crippen molar-refractivity contribution in [2.24, 2.45) is 5.92 Å². The van der Waals surface area contributed by atoms with Crippen molar-refractivity contribution in [1.82, 2.24) is 14.5 Å². The Bertz CT molecular complexity index is 669. The van der Waals surface area contributed by atoms with E-state index in [-0.39, 0.29) is 5.41 Å². The molecular weight excluding hydrogens is 310 g/mol. The number of ether oxygens (including phenoxy) is 1. The van der Waals surface area contributed by atoms with Gasteiger partial charge in [0.05, 0.1) is 5.69 Å². The largest absolute Gasteiger partial charge is 0.381 e. The van der Waals surface area contributed by atoms with Crippen molar-refractivity contribution in [1.29, 1.82) is 0 Å². The van der Waals surface area contributed by atoms with Crippen LogP contribution in [0.15, 0.2) is 24.5 Å². The predicted octanol–water partition coefficient (Wildman–Crippen LogP) is 4.32. The summed E-state index contributed by atoms with van der Waals surface area (Å²) in [4.78, 5) is 8.96. The molecule has 124 valence electrons. The highest BCUT2D eigenvalue weighted by Gasteiger charge is 2.24. The van der Waals surface area contributed by atoms with Crippen molar-refractivity contribution in [3.05, 3.63) is 35.5 Å². The van der Waals surface area contributed by atoms with Gasteiger partial charge in [0.2, 0.25) is 0 Å². The summed E-state index contributed by atoms with van der Waals surface area (Å²) in [6, 6.07) is 3.83. The lowest BCUT2D eigenvalue weighted by molar-refractivity contribution is 0.0608. The van der Waals surface area contributed by atoms with Crippen molar-refractivity contribution in [2.45, 2.75) is 45.6 Å². The molecular formula is C18H24ClN3O. The fourth-order valence-corrected chi connectivity index (χ4v) is 3.24. The van der Waals surface area contributed by atoms with E-state index in [1.54, 1.807) is 6.20 Å². The molecule has 0 saturated carbocycles. The first-order valence-corrected chi connectivity index (χ1v) is 8.58. The maximum absolute atomic E-state index is 6.03. The van der Waals surface area contributed by atoms with E-state index >= 15 is 0 Å². The number of rotatable bonds is 3. The monoisotopic (exact) mass is 333 g/mol. The van der Waals surface area contributed by atoms with Gasteiger partial charge in [-0.15, -0.1) is 0 Å². The molecule has 2 aromatic rings. The summed E-state index contributed by atoms with van der Waals surface area (Å²) in [5, 5.41) is 0.499. The van der Waals surface area contributed by atoms with E-state index in [9.17, 15) is 0 Å². The van der Waals surface area contributed by atoms with E-state index in [1.807, 2.05) is 12.1 Å². The molecule has 5 heteroatoms. The highest BCUT2D eigenvalue weighted by atomic mass is 35.5. The standard InChI is InChI=1S/C18H24ClN3O/c1-18(2,3)17-21-15(14-4-7-20-16(19)10-14)12-22(17)11-13-5-8-23-9-6-13/h4,7,10,12-13H,5-6,8-9,11H2,1-3H3. The third-order valence-electron chi connectivity index (χ3n) is 4.27. The Morgan fingerprint density at radius 2 is 2.04 bits per heavy atom. The molecule has 0 atom stereocenters. The second-order valence-electron chi connectivity index (χ2n) is 7.28. The van der Waals surface area contributed by atoms with Gasteiger partial charge in [-0.25, -0.2) is 9.97 Å². The molecule has 0 amide bonds. The van der Waals surface area contributed by atoms with Gasteiger partial charge in [-0.1, -0.05) is 32.4 Å². The van der Waals surface area contributed by atoms with Crippen LogP contribution in [-0.2, 0) is 16.7 Å². The molecule has 0 N–H and O–H groups in total. The zero-order valence-electron chi connectivity index (χ0n) is 14.1. The van der Waals surface area contributed by atoms with Crippen LogP contribution in [0.2, 0.25) is 5.15 Å². The van der Waals surface area contributed by atoms with Crippen molar-refractivity contribution in [2.75, 3.05) is 13.2 Å². The molecule has 23 heavy (non-hydrogen) atoms. The van der Waals surface area contributed by atoms with Crippen molar-refractivity contribution < 1.29 is 4.74 Å². The maximum atomic E-state index is 6.03. The zero-order valence-corrected chi connectivity index (χ0v) is 14.8. The average molecular weight is 334 g/mol. The van der Waals surface area contributed by atoms with Gasteiger partial charge in [-0.05, 0) is 30.9 Å². The van der Waals surface area contributed by atoms with Crippen LogP contribution in [0, 0.1) is 5.92 Å². The molecule has 1 aliphatic rings. The first-order valence-electron chi connectivity index (χ1n) is 8.21. The summed E-state index contributed by atoms with van der Waals surface area (Å²) < 4.78 is 7.80. The molecule has 1 aliphatic heterocycles. The van der Waals surface area contributed by atoms with E-state index in [1.165, 1.54) is 0 Å². The van der Waals surface area contributed by atoms with Crippen LogP contribution in [0.5, 0.6) is 0 Å². The van der Waals surface area contributed by atoms with E-state index in [2.05, 4.69) is 36.5 Å². The topological polar surface area (TPSA) is 39.9 Å². The van der Waals surface area contributed by atoms with E-state index < -0.39 is 0 Å². The van der Waals surface area contributed by atoms with Crippen molar-refractivity contribution in [3.63, 3.8) is 0 Å². The van der Waals surface area contributed by atoms with E-state index in [0.717, 1.165) is 49.7 Å². The fraction of sp³-hybridized carbons (Fsp3) is 0.556. The van der Waals surface area contributed by atoms with Gasteiger partial charge in [-0.3, -0.25) is 0 Å². The summed E-state index contributed by atoms with van der Waals surface area (Å²) in [5.41, 5.74) is 1.98. The van der Waals surface area contributed by atoms with Gasteiger partial charge in [0.25, 0.3) is 0 Å². The first-order chi connectivity index (χ1) is 10.9. The normalized spacial score (nSPS) is 16.7. The van der Waals surface area contributed by atoms with Gasteiger partial charge in [0.15, 0.2) is 0 Å². The van der Waals surface area contributed by atoms with E-state index in [4.69, 9.17) is 21.3 Å². The minimum atomic E-state index is 0.000240. The molecule has 3 rings (SSSR count). The number of halogens is 1. The predicted molar refractivity (Wildman–Crippen MR) is 92.7 cm³/mol. The SMILES string of the molecule is CC(C)(C)c1nc(-c2ccnc(Cl)c2)cn1CC1CCOCC1. The maximum Gasteiger partial charge on any atom is 0.129 e. The Kier molecular flexibility index (Phi) is 4.74. The minimum Gasteiger partial charge on any atom is -0.381 e. The van der Waals surface area contributed by atoms with Crippen molar-refractivity contribution in [3.8, 4) is 11.3 Å². The summed E-state index contributed by atoms with van der Waals surface area (Å²) in [6.45, 7) is 9.37. The van der Waals surface area contributed by atoms with Gasteiger partial charge in [0.1, 0.15) is 11.0 Å². The van der Waals surface area contributed by atoms with Gasteiger partial charge in [-0.2, -0.15) is 0 Å². The van der Waals surface area contributed by atoms with Crippen LogP contribution in [0.25, 0.3) is 11.3 Å². The molecule has 0 spiro atoms. The lowest BCUT2D eigenvalue weighted by Gasteiger charge is -2.25. The Hall–Kier alpha value is -1.39. The third kappa shape index (κ3) is 3.93. The molecule has 0 aromatic carbocycles. The molecule has 1 saturated heterocycles. The first kappa shape index (κ1) is 16.5. The minimum absolute atomic E-state index is 0.000240. The molecule has 4 nitrogen and oxygen atoms in total. The molecule has 2 aromatic heterocycles. The molecule has 0 bridgehead atoms. The Labute approximate surface area is 142 Å². The van der Waals surface area contributed by atoms with Gasteiger partial charge >= 0.3 is 0 Å².